The molecule has 0 aliphatic rings. The molecule has 2 aromatic carbocycles. The van der Waals surface area contributed by atoms with E-state index in [9.17, 15) is 17.6 Å². The van der Waals surface area contributed by atoms with Crippen LogP contribution in [0.4, 0.5) is 4.39 Å². The Bertz CT molecular complexity index is 1050. The molecule has 0 saturated heterocycles. The average Bonchev–Trinajstić information content (AvgIpc) is 2.82. The Morgan fingerprint density at radius 3 is 2.71 bits per heavy atom. The lowest BCUT2D eigenvalue weighted by atomic mass is 10.2. The van der Waals surface area contributed by atoms with Crippen LogP contribution in [0.3, 0.4) is 0 Å². The van der Waals surface area contributed by atoms with E-state index in [0.717, 1.165) is 0 Å². The first-order valence-electron chi connectivity index (χ1n) is 7.32. The second-order valence-electron chi connectivity index (χ2n) is 5.41. The van der Waals surface area contributed by atoms with Crippen molar-refractivity contribution >= 4 is 21.1 Å². The molecule has 1 aromatic heterocycles. The van der Waals surface area contributed by atoms with Crippen molar-refractivity contribution in [2.24, 2.45) is 0 Å². The van der Waals surface area contributed by atoms with E-state index in [0.29, 0.717) is 16.6 Å². The first-order valence-corrected chi connectivity index (χ1v) is 8.80. The number of imidazole rings is 1. The number of H-pyrrole nitrogens is 1. The first-order chi connectivity index (χ1) is 11.4. The quantitative estimate of drug-likeness (QED) is 0.736. The fourth-order valence-electron chi connectivity index (χ4n) is 2.59. The van der Waals surface area contributed by atoms with E-state index in [2.05, 4.69) is 9.71 Å². The number of aryl methyl sites for hydroxylation is 1. The summed E-state index contributed by atoms with van der Waals surface area (Å²) in [6, 6.07) is 10.6. The molecule has 0 amide bonds. The standard InChI is InChI=1S/C16H16FN3O3S/c1-11-4-2-3-5-15(11)24(22,23)18-8-9-20-14-7-6-12(17)10-13(14)19-16(20)21/h2-7,10,18H,8-9H2,1H3,(H,19,21). The van der Waals surface area contributed by atoms with Gasteiger partial charge in [0.2, 0.25) is 10.0 Å². The largest absolute Gasteiger partial charge is 0.326 e. The summed E-state index contributed by atoms with van der Waals surface area (Å²) in [5, 5.41) is 0. The minimum atomic E-state index is -3.65. The summed E-state index contributed by atoms with van der Waals surface area (Å²) in [6.45, 7) is 1.89. The van der Waals surface area contributed by atoms with Crippen molar-refractivity contribution in [3.05, 3.63) is 64.3 Å². The highest BCUT2D eigenvalue weighted by molar-refractivity contribution is 7.89. The maximum atomic E-state index is 13.2. The second kappa shape index (κ2) is 6.21. The summed E-state index contributed by atoms with van der Waals surface area (Å²) in [4.78, 5) is 14.7. The van der Waals surface area contributed by atoms with Crippen LogP contribution in [0.25, 0.3) is 11.0 Å². The van der Waals surface area contributed by atoms with Crippen LogP contribution in [0.2, 0.25) is 0 Å². The fourth-order valence-corrected chi connectivity index (χ4v) is 3.85. The molecule has 2 N–H and O–H groups in total. The van der Waals surface area contributed by atoms with E-state index >= 15 is 0 Å². The molecular weight excluding hydrogens is 333 g/mol. The van der Waals surface area contributed by atoms with Gasteiger partial charge < -0.3 is 4.98 Å². The molecule has 0 saturated carbocycles. The van der Waals surface area contributed by atoms with Gasteiger partial charge in [0.15, 0.2) is 0 Å². The smallest absolute Gasteiger partial charge is 0.305 e. The zero-order valence-electron chi connectivity index (χ0n) is 12.9. The van der Waals surface area contributed by atoms with Crippen LogP contribution in [-0.2, 0) is 16.6 Å². The SMILES string of the molecule is Cc1ccccc1S(=O)(=O)NCCn1c(=O)[nH]c2cc(F)ccc21. The van der Waals surface area contributed by atoms with Crippen LogP contribution in [0, 0.1) is 12.7 Å². The summed E-state index contributed by atoms with van der Waals surface area (Å²) < 4.78 is 41.7. The minimum absolute atomic E-state index is 0.0426. The molecule has 0 fully saturated rings. The number of nitrogens with zero attached hydrogens (tertiary/aromatic N) is 1. The third-order valence-electron chi connectivity index (χ3n) is 3.75. The van der Waals surface area contributed by atoms with Gasteiger partial charge in [-0.3, -0.25) is 4.57 Å². The first kappa shape index (κ1) is 16.4. The van der Waals surface area contributed by atoms with Gasteiger partial charge in [-0.15, -0.1) is 0 Å². The molecule has 0 radical (unpaired) electrons. The summed E-state index contributed by atoms with van der Waals surface area (Å²) in [5.74, 6) is -0.448. The molecule has 1 heterocycles. The predicted molar refractivity (Wildman–Crippen MR) is 88.9 cm³/mol. The summed E-state index contributed by atoms with van der Waals surface area (Å²) in [7, 11) is -3.65. The predicted octanol–water partition coefficient (Wildman–Crippen LogP) is 1.76. The molecule has 0 unspecified atom stereocenters. The zero-order valence-corrected chi connectivity index (χ0v) is 13.7. The lowest BCUT2D eigenvalue weighted by molar-refractivity contribution is 0.572. The summed E-state index contributed by atoms with van der Waals surface area (Å²) >= 11 is 0. The number of rotatable bonds is 5. The van der Waals surface area contributed by atoms with Crippen LogP contribution in [-0.4, -0.2) is 24.5 Å². The van der Waals surface area contributed by atoms with Crippen molar-refractivity contribution in [1.29, 1.82) is 0 Å². The number of fused-ring (bicyclic) bond motifs is 1. The van der Waals surface area contributed by atoms with Gasteiger partial charge in [-0.05, 0) is 36.8 Å². The number of benzene rings is 2. The van der Waals surface area contributed by atoms with E-state index in [1.165, 1.54) is 28.8 Å². The fraction of sp³-hybridized carbons (Fsp3) is 0.188. The Morgan fingerprint density at radius 2 is 1.96 bits per heavy atom. The number of sulfonamides is 1. The van der Waals surface area contributed by atoms with Crippen molar-refractivity contribution in [3.63, 3.8) is 0 Å². The van der Waals surface area contributed by atoms with Gasteiger partial charge in [-0.25, -0.2) is 22.3 Å². The average molecular weight is 349 g/mol. The topological polar surface area (TPSA) is 84.0 Å². The minimum Gasteiger partial charge on any atom is -0.305 e. The van der Waals surface area contributed by atoms with Gasteiger partial charge in [-0.1, -0.05) is 18.2 Å². The summed E-state index contributed by atoms with van der Waals surface area (Å²) in [6.07, 6.45) is 0. The normalized spacial score (nSPS) is 11.9. The summed E-state index contributed by atoms with van der Waals surface area (Å²) in [5.41, 5.74) is 1.13. The van der Waals surface area contributed by atoms with E-state index in [1.807, 2.05) is 0 Å². The molecule has 0 aliphatic heterocycles. The van der Waals surface area contributed by atoms with Crippen molar-refractivity contribution in [1.82, 2.24) is 14.3 Å². The lowest BCUT2D eigenvalue weighted by Crippen LogP contribution is -2.30. The van der Waals surface area contributed by atoms with Crippen molar-refractivity contribution in [2.75, 3.05) is 6.54 Å². The number of aromatic amines is 1. The molecule has 8 heteroatoms. The van der Waals surface area contributed by atoms with E-state index in [1.54, 1.807) is 25.1 Å². The van der Waals surface area contributed by atoms with Crippen LogP contribution < -0.4 is 10.4 Å². The molecule has 0 aliphatic carbocycles. The number of hydrogen-bond donors (Lipinski definition) is 2. The number of nitrogens with one attached hydrogen (secondary N) is 2. The molecule has 3 rings (SSSR count). The Labute approximate surface area is 138 Å². The highest BCUT2D eigenvalue weighted by Gasteiger charge is 2.16. The molecule has 0 atom stereocenters. The van der Waals surface area contributed by atoms with Crippen molar-refractivity contribution in [2.45, 2.75) is 18.4 Å². The Morgan fingerprint density at radius 1 is 1.21 bits per heavy atom. The zero-order chi connectivity index (χ0) is 17.3. The van der Waals surface area contributed by atoms with Crippen LogP contribution in [0.1, 0.15) is 5.56 Å². The molecule has 24 heavy (non-hydrogen) atoms. The number of aromatic nitrogens is 2. The van der Waals surface area contributed by atoms with Crippen molar-refractivity contribution in [3.8, 4) is 0 Å². The molecule has 0 spiro atoms. The van der Waals surface area contributed by atoms with Crippen LogP contribution in [0.5, 0.6) is 0 Å². The van der Waals surface area contributed by atoms with E-state index < -0.39 is 21.5 Å². The van der Waals surface area contributed by atoms with Gasteiger partial charge in [0.05, 0.1) is 15.9 Å². The third-order valence-corrected chi connectivity index (χ3v) is 5.37. The Kier molecular flexibility index (Phi) is 4.25. The maximum Gasteiger partial charge on any atom is 0.326 e. The molecule has 3 aromatic rings. The molecule has 126 valence electrons. The van der Waals surface area contributed by atoms with Gasteiger partial charge >= 0.3 is 5.69 Å². The highest BCUT2D eigenvalue weighted by atomic mass is 32.2. The number of hydrogen-bond acceptors (Lipinski definition) is 3. The van der Waals surface area contributed by atoms with Crippen molar-refractivity contribution < 1.29 is 12.8 Å². The monoisotopic (exact) mass is 349 g/mol. The highest BCUT2D eigenvalue weighted by Crippen LogP contribution is 2.14. The maximum absolute atomic E-state index is 13.2. The molecule has 0 bridgehead atoms. The lowest BCUT2D eigenvalue weighted by Gasteiger charge is -2.09. The molecular formula is C16H16FN3O3S. The number of halogens is 1. The van der Waals surface area contributed by atoms with Gasteiger partial charge in [0.1, 0.15) is 5.82 Å². The Balaban J connectivity index is 1.79. The Hall–Kier alpha value is -2.45. The van der Waals surface area contributed by atoms with Gasteiger partial charge in [0, 0.05) is 13.1 Å². The van der Waals surface area contributed by atoms with E-state index in [-0.39, 0.29) is 18.0 Å². The van der Waals surface area contributed by atoms with Crippen LogP contribution in [0.15, 0.2) is 52.2 Å². The third kappa shape index (κ3) is 3.10. The van der Waals surface area contributed by atoms with Gasteiger partial charge in [-0.2, -0.15) is 0 Å². The van der Waals surface area contributed by atoms with E-state index in [4.69, 9.17) is 0 Å². The van der Waals surface area contributed by atoms with Crippen LogP contribution >= 0.6 is 0 Å². The van der Waals surface area contributed by atoms with Gasteiger partial charge in [0.25, 0.3) is 0 Å². The second-order valence-corrected chi connectivity index (χ2v) is 7.14. The molecule has 6 nitrogen and oxygen atoms in total.